The maximum Gasteiger partial charge on any atom is 1.20 e. The Morgan fingerprint density at radius 2 is 1.26 bits per heavy atom. The van der Waals surface area contributed by atoms with Crippen LogP contribution in [0.1, 0.15) is 5.69 Å². The van der Waals surface area contributed by atoms with Gasteiger partial charge in [-0.15, -0.1) is 0 Å². The summed E-state index contributed by atoms with van der Waals surface area (Å²) < 4.78 is 18.4. The quantitative estimate of drug-likeness (QED) is 0.444. The summed E-state index contributed by atoms with van der Waals surface area (Å²) in [7, 11) is 0. The Morgan fingerprint density at radius 1 is 0.630 bits per heavy atom. The molecule has 0 saturated heterocycles. The molecule has 0 fully saturated rings. The van der Waals surface area contributed by atoms with Crippen LogP contribution in [0.25, 0.3) is 10.9 Å². The van der Waals surface area contributed by atoms with Gasteiger partial charge >= 0.3 is 15.1 Å². The second-order valence-electron chi connectivity index (χ2n) is 6.05. The zero-order chi connectivity index (χ0) is 18.5. The third-order valence-electron chi connectivity index (χ3n) is 4.00. The van der Waals surface area contributed by atoms with Crippen molar-refractivity contribution in [2.75, 3.05) is 0 Å². The molecule has 4 nitrogen and oxygen atoms in total. The molecular weight excluding hydrogens is 353 g/mol. The number of aryl methyl sites for hydroxylation is 1. The van der Waals surface area contributed by atoms with E-state index in [1.807, 2.05) is 97.9 Å². The molecule has 0 aliphatic rings. The Balaban J connectivity index is 1.65. The number of aromatic nitrogens is 1. The lowest BCUT2D eigenvalue weighted by Gasteiger charge is -2.17. The minimum Gasteiger partial charge on any atom is -0.577 e. The standard InChI is InChI=1S/C10H9NO.2C6H6O.Al/c1-7-5-6-8-3-2-4-9(12)10(8)11-7;2*7-6-4-2-1-3-5-6;/h2-6,12H,1H3;2*1-5,7H;/q;;;+3/p-3. The van der Waals surface area contributed by atoms with Crippen LogP contribution in [-0.2, 0) is 0 Å². The summed E-state index contributed by atoms with van der Waals surface area (Å²) in [5, 5.41) is 1.02. The summed E-state index contributed by atoms with van der Waals surface area (Å²) in [5.74, 6) is 2.10. The van der Waals surface area contributed by atoms with Crippen LogP contribution in [-0.4, -0.2) is 20.1 Å². The van der Waals surface area contributed by atoms with Gasteiger partial charge in [0.05, 0.1) is 11.5 Å². The van der Waals surface area contributed by atoms with Crippen LogP contribution in [0.5, 0.6) is 17.2 Å². The Bertz CT molecular complexity index is 984. The number of hydrogen-bond acceptors (Lipinski definition) is 4. The molecule has 27 heavy (non-hydrogen) atoms. The third-order valence-corrected chi connectivity index (χ3v) is 5.37. The van der Waals surface area contributed by atoms with Crippen LogP contribution in [0.15, 0.2) is 91.0 Å². The monoisotopic (exact) mass is 371 g/mol. The Labute approximate surface area is 163 Å². The molecule has 0 bridgehead atoms. The Kier molecular flexibility index (Phi) is 5.25. The van der Waals surface area contributed by atoms with E-state index in [9.17, 15) is 0 Å². The van der Waals surface area contributed by atoms with Crippen molar-refractivity contribution in [3.05, 3.63) is 96.7 Å². The molecule has 5 heteroatoms. The van der Waals surface area contributed by atoms with Crippen molar-refractivity contribution in [3.63, 3.8) is 0 Å². The number of rotatable bonds is 6. The van der Waals surface area contributed by atoms with Gasteiger partial charge in [0.1, 0.15) is 11.3 Å². The highest BCUT2D eigenvalue weighted by molar-refractivity contribution is 6.39. The zero-order valence-electron chi connectivity index (χ0n) is 14.9. The molecule has 132 valence electrons. The third kappa shape index (κ3) is 4.40. The lowest BCUT2D eigenvalue weighted by atomic mass is 10.2. The van der Waals surface area contributed by atoms with Crippen molar-refractivity contribution < 1.29 is 11.4 Å². The van der Waals surface area contributed by atoms with Gasteiger partial charge in [-0.25, -0.2) is 4.98 Å². The predicted molar refractivity (Wildman–Crippen MR) is 107 cm³/mol. The number of fused-ring (bicyclic) bond motifs is 1. The summed E-state index contributed by atoms with van der Waals surface area (Å²) in [5.41, 5.74) is 1.74. The van der Waals surface area contributed by atoms with Gasteiger partial charge in [0, 0.05) is 11.1 Å². The molecule has 0 amide bonds. The number of pyridine rings is 1. The fourth-order valence-corrected chi connectivity index (χ4v) is 4.01. The fourth-order valence-electron chi connectivity index (χ4n) is 2.71. The predicted octanol–water partition coefficient (Wildman–Crippen LogP) is 5.06. The van der Waals surface area contributed by atoms with E-state index in [4.69, 9.17) is 11.4 Å². The molecule has 1 aromatic heterocycles. The molecule has 0 radical (unpaired) electrons. The van der Waals surface area contributed by atoms with E-state index >= 15 is 0 Å². The van der Waals surface area contributed by atoms with Gasteiger partial charge in [0.25, 0.3) is 0 Å². The summed E-state index contributed by atoms with van der Waals surface area (Å²) in [6.07, 6.45) is 0. The lowest BCUT2D eigenvalue weighted by molar-refractivity contribution is 0.308. The molecule has 0 N–H and O–H groups in total. The van der Waals surface area contributed by atoms with Crippen molar-refractivity contribution in [2.24, 2.45) is 0 Å². The molecule has 4 rings (SSSR count). The van der Waals surface area contributed by atoms with Crippen molar-refractivity contribution in [1.82, 2.24) is 4.98 Å². The summed E-state index contributed by atoms with van der Waals surface area (Å²) in [4.78, 5) is 4.63. The number of benzene rings is 3. The van der Waals surface area contributed by atoms with Crippen LogP contribution in [0.3, 0.4) is 0 Å². The summed E-state index contributed by atoms with van der Waals surface area (Å²) in [6.45, 7) is 1.96. The summed E-state index contributed by atoms with van der Waals surface area (Å²) >= 11 is -2.58. The topological polar surface area (TPSA) is 40.6 Å². The van der Waals surface area contributed by atoms with Crippen LogP contribution in [0, 0.1) is 6.92 Å². The summed E-state index contributed by atoms with van der Waals surface area (Å²) in [6, 6.07) is 29.0. The maximum absolute atomic E-state index is 6.22. The van der Waals surface area contributed by atoms with Gasteiger partial charge < -0.3 is 11.4 Å². The number of para-hydroxylation sites is 3. The first-order valence-electron chi connectivity index (χ1n) is 8.74. The van der Waals surface area contributed by atoms with E-state index in [1.165, 1.54) is 0 Å². The highest BCUT2D eigenvalue weighted by Crippen LogP contribution is 2.25. The van der Waals surface area contributed by atoms with Crippen molar-refractivity contribution >= 4 is 26.1 Å². The molecule has 1 heterocycles. The minimum absolute atomic E-state index is 0.666. The second kappa shape index (κ2) is 8.13. The van der Waals surface area contributed by atoms with E-state index in [1.54, 1.807) is 0 Å². The smallest absolute Gasteiger partial charge is 0.577 e. The number of hydrogen-bond donors (Lipinski definition) is 0. The van der Waals surface area contributed by atoms with E-state index in [0.717, 1.165) is 28.1 Å². The van der Waals surface area contributed by atoms with Gasteiger partial charge in [-0.2, -0.15) is 0 Å². The van der Waals surface area contributed by atoms with Gasteiger partial charge in [0.2, 0.25) is 0 Å². The highest BCUT2D eigenvalue weighted by atomic mass is 27.3. The molecule has 0 aliphatic heterocycles. The molecule has 0 unspecified atom stereocenters. The van der Waals surface area contributed by atoms with Gasteiger partial charge in [0.15, 0.2) is 0 Å². The molecule has 0 atom stereocenters. The molecular formula is C22H18AlNO3. The molecule has 4 aromatic rings. The average Bonchev–Trinajstić information content (AvgIpc) is 2.70. The van der Waals surface area contributed by atoms with Crippen LogP contribution in [0.2, 0.25) is 0 Å². The van der Waals surface area contributed by atoms with Crippen LogP contribution in [0.4, 0.5) is 0 Å². The molecule has 0 aliphatic carbocycles. The second-order valence-corrected chi connectivity index (χ2v) is 7.33. The molecule has 0 spiro atoms. The van der Waals surface area contributed by atoms with E-state index in [2.05, 4.69) is 4.98 Å². The number of nitrogens with zero attached hydrogens (tertiary/aromatic N) is 1. The highest BCUT2D eigenvalue weighted by Gasteiger charge is 2.44. The van der Waals surface area contributed by atoms with Gasteiger partial charge in [-0.1, -0.05) is 54.6 Å². The van der Waals surface area contributed by atoms with E-state index in [-0.39, 0.29) is 0 Å². The molecule has 0 saturated carbocycles. The maximum atomic E-state index is 6.22. The van der Waals surface area contributed by atoms with Crippen molar-refractivity contribution in [3.8, 4) is 17.2 Å². The first-order valence-corrected chi connectivity index (χ1v) is 10.2. The Hall–Kier alpha value is -3.00. The van der Waals surface area contributed by atoms with Crippen LogP contribution >= 0.6 is 0 Å². The van der Waals surface area contributed by atoms with Crippen LogP contribution < -0.4 is 11.4 Å². The zero-order valence-corrected chi connectivity index (χ0v) is 16.1. The van der Waals surface area contributed by atoms with Gasteiger partial charge in [-0.3, -0.25) is 0 Å². The normalized spacial score (nSPS) is 10.4. The van der Waals surface area contributed by atoms with Crippen molar-refractivity contribution in [2.45, 2.75) is 6.92 Å². The fraction of sp³-hybridized carbons (Fsp3) is 0.0455. The van der Waals surface area contributed by atoms with E-state index in [0.29, 0.717) is 5.75 Å². The minimum atomic E-state index is -2.58. The average molecular weight is 371 g/mol. The largest absolute Gasteiger partial charge is 1.20 e. The van der Waals surface area contributed by atoms with E-state index < -0.39 is 15.1 Å². The SMILES string of the molecule is Cc1ccc2cccc([O][Al]([O]c3ccccc3)[O]c3ccccc3)c2n1. The first-order chi connectivity index (χ1) is 13.3. The first kappa shape index (κ1) is 17.4. The Morgan fingerprint density at radius 3 is 1.89 bits per heavy atom. The van der Waals surface area contributed by atoms with Gasteiger partial charge in [-0.05, 0) is 43.3 Å². The van der Waals surface area contributed by atoms with Crippen molar-refractivity contribution in [1.29, 1.82) is 0 Å². The molecule has 3 aromatic carbocycles. The lowest BCUT2D eigenvalue weighted by Crippen LogP contribution is -2.37.